The number of aliphatic hydroxyl groups excluding tert-OH is 2. The van der Waals surface area contributed by atoms with Crippen molar-refractivity contribution in [2.75, 3.05) is 21.3 Å². The summed E-state index contributed by atoms with van der Waals surface area (Å²) in [6.07, 6.45) is 0. The van der Waals surface area contributed by atoms with E-state index in [-0.39, 0.29) is 17.2 Å². The molecule has 0 aliphatic rings. The van der Waals surface area contributed by atoms with Crippen LogP contribution in [0.5, 0.6) is 0 Å². The van der Waals surface area contributed by atoms with E-state index in [2.05, 4.69) is 11.4 Å². The minimum atomic E-state index is 0. The zero-order valence-corrected chi connectivity index (χ0v) is 6.70. The summed E-state index contributed by atoms with van der Waals surface area (Å²) in [6.45, 7) is 4.88. The second-order valence-electron chi connectivity index (χ2n) is 0.332. The molecule has 0 aromatic carbocycles. The molecule has 0 unspecified atom stereocenters. The first-order valence-corrected chi connectivity index (χ1v) is 1.98. The van der Waals surface area contributed by atoms with Crippen LogP contribution in [0.25, 0.3) is 0 Å². The van der Waals surface area contributed by atoms with E-state index in [0.717, 1.165) is 14.2 Å². The molecule has 0 amide bonds. The number of rotatable bonds is 1. The number of methoxy groups -OCH3 is 1. The molecule has 4 N–H and O–H groups in total. The largest absolute Gasteiger partial charge is 0 e. The summed E-state index contributed by atoms with van der Waals surface area (Å²) >= 11 is 0. The second-order valence-corrected chi connectivity index (χ2v) is 0.332. The third-order valence-electron chi connectivity index (χ3n) is 0.0962. The Morgan fingerprint density at radius 1 is 1.33 bits per heavy atom. The smallest absolute Gasteiger partial charge is 0 e. The average Bonchev–Trinajstić information content (AvgIpc) is 2.14. The van der Waals surface area contributed by atoms with Crippen molar-refractivity contribution in [2.45, 2.75) is 7.43 Å². The molecule has 6 heteroatoms. The van der Waals surface area contributed by atoms with E-state index in [1.165, 1.54) is 7.11 Å². The number of hydrogen-bond donors (Lipinski definition) is 2. The number of aliphatic hydroxyl groups is 2. The van der Waals surface area contributed by atoms with Crippen molar-refractivity contribution < 1.29 is 34.2 Å². The van der Waals surface area contributed by atoms with Crippen molar-refractivity contribution in [2.24, 2.45) is 0 Å². The average molecular weight is 192 g/mol. The molecule has 0 aliphatic heterocycles. The third kappa shape index (κ3) is 73400. The van der Waals surface area contributed by atoms with Gasteiger partial charge in [0.15, 0.2) is 0 Å². The van der Waals surface area contributed by atoms with Gasteiger partial charge in [0.05, 0.1) is 7.11 Å². The normalized spacial score (nSPS) is 2.92. The van der Waals surface area contributed by atoms with Crippen LogP contribution in [0.15, 0.2) is 0 Å². The van der Waals surface area contributed by atoms with E-state index >= 15 is 0 Å². The molecule has 0 atom stereocenters. The molecular weight excluding hydrogens is 168 g/mol. The van der Waals surface area contributed by atoms with Crippen molar-refractivity contribution in [1.29, 1.82) is 0 Å². The van der Waals surface area contributed by atoms with Gasteiger partial charge < -0.3 is 20.4 Å². The summed E-state index contributed by atoms with van der Waals surface area (Å²) < 4.78 is 11.4. The van der Waals surface area contributed by atoms with Crippen LogP contribution in [0.3, 0.4) is 0 Å². The first-order valence-electron chi connectivity index (χ1n) is 1.98. The summed E-state index contributed by atoms with van der Waals surface area (Å²) in [5.41, 5.74) is 0. The molecular formula is C6H24O6. The number of hydrogen-bond acceptors (Lipinski definition) is 4. The Morgan fingerprint density at radius 2 is 1.42 bits per heavy atom. The molecule has 0 heterocycles. The molecule has 6 nitrogen and oxygen atoms in total. The zero-order valence-electron chi connectivity index (χ0n) is 6.70. The third-order valence-corrected chi connectivity index (χ3v) is 0.0962. The summed E-state index contributed by atoms with van der Waals surface area (Å²) in [6, 6.07) is 0. The monoisotopic (exact) mass is 192 g/mol. The molecule has 0 aliphatic carbocycles. The van der Waals surface area contributed by atoms with Gasteiger partial charge in [-0.25, -0.2) is 0 Å². The fraction of sp³-hybridized carbons (Fsp3) is 0.667. The molecule has 0 fully saturated rings. The van der Waals surface area contributed by atoms with Gasteiger partial charge in [0.2, 0.25) is 0 Å². The van der Waals surface area contributed by atoms with E-state index in [4.69, 9.17) is 19.7 Å². The summed E-state index contributed by atoms with van der Waals surface area (Å²) in [4.78, 5) is 8.95. The topological polar surface area (TPSA) is 118 Å². The molecule has 0 bridgehead atoms. The summed E-state index contributed by atoms with van der Waals surface area (Å²) in [5, 5.41) is 14.0. The van der Waals surface area contributed by atoms with Gasteiger partial charge in [0, 0.05) is 18.5 Å². The SMILES string of the molecule is C.CO.CO.COC=O.O.[C-]#[O+].[HH].[HH].[HH]. The Morgan fingerprint density at radius 3 is 1.42 bits per heavy atom. The van der Waals surface area contributed by atoms with Gasteiger partial charge in [-0.2, -0.15) is 0 Å². The molecule has 0 aromatic rings. The standard InChI is InChI=1S/C2H4O2.2CH4O.CO.CH4.H2O.3H2/c1-4-2-3;3*1-2;;;;;/h2H,1H3;2*2H,1H3;;1H4;1H2;3*1H. The van der Waals surface area contributed by atoms with Gasteiger partial charge in [-0.15, -0.1) is 0 Å². The fourth-order valence-electron chi connectivity index (χ4n) is 0. The van der Waals surface area contributed by atoms with Crippen molar-refractivity contribution in [3.63, 3.8) is 0 Å². The predicted octanol–water partition coefficient (Wildman–Crippen LogP) is -0.482. The number of ether oxygens (including phenoxy) is 1. The van der Waals surface area contributed by atoms with E-state index in [0.29, 0.717) is 6.47 Å². The van der Waals surface area contributed by atoms with Gasteiger partial charge in [-0.1, -0.05) is 7.43 Å². The van der Waals surface area contributed by atoms with Crippen LogP contribution in [-0.4, -0.2) is 43.5 Å². The Bertz CT molecular complexity index is 55.4. The molecule has 0 rings (SSSR count). The molecule has 0 aromatic heterocycles. The van der Waals surface area contributed by atoms with Crippen molar-refractivity contribution in [3.8, 4) is 0 Å². The molecule has 12 heavy (non-hydrogen) atoms. The van der Waals surface area contributed by atoms with Crippen LogP contribution in [-0.2, 0) is 14.2 Å². The first kappa shape index (κ1) is 43.6. The first-order chi connectivity index (χ1) is 4.91. The van der Waals surface area contributed by atoms with Crippen LogP contribution in [0.4, 0.5) is 0 Å². The van der Waals surface area contributed by atoms with Crippen molar-refractivity contribution in [1.82, 2.24) is 0 Å². The van der Waals surface area contributed by atoms with Crippen LogP contribution < -0.4 is 0 Å². The summed E-state index contributed by atoms with van der Waals surface area (Å²) in [5.74, 6) is 0. The van der Waals surface area contributed by atoms with Gasteiger partial charge in [0.1, 0.15) is 0 Å². The predicted molar refractivity (Wildman–Crippen MR) is 50.0 cm³/mol. The maximum Gasteiger partial charge on any atom is 0 e. The quantitative estimate of drug-likeness (QED) is 0.331. The van der Waals surface area contributed by atoms with Gasteiger partial charge in [-0.3, -0.25) is 4.79 Å². The van der Waals surface area contributed by atoms with Crippen LogP contribution in [0, 0.1) is 6.65 Å². The van der Waals surface area contributed by atoms with Crippen LogP contribution >= 0.6 is 0 Å². The van der Waals surface area contributed by atoms with E-state index in [1.54, 1.807) is 0 Å². The van der Waals surface area contributed by atoms with E-state index in [9.17, 15) is 0 Å². The fourth-order valence-corrected chi connectivity index (χ4v) is 0. The zero-order chi connectivity index (χ0) is 9.41. The van der Waals surface area contributed by atoms with Crippen molar-refractivity contribution in [3.05, 3.63) is 6.65 Å². The maximum absolute atomic E-state index is 8.95. The number of carbonyl (C=O) groups excluding carboxylic acids is 1. The van der Waals surface area contributed by atoms with Crippen LogP contribution in [0.2, 0.25) is 0 Å². The summed E-state index contributed by atoms with van der Waals surface area (Å²) in [7, 11) is 3.31. The molecule has 0 saturated carbocycles. The van der Waals surface area contributed by atoms with Crippen molar-refractivity contribution >= 4 is 6.47 Å². The van der Waals surface area contributed by atoms with Gasteiger partial charge >= 0.3 is 11.3 Å². The molecule has 0 spiro atoms. The van der Waals surface area contributed by atoms with Crippen LogP contribution in [0.1, 0.15) is 11.7 Å². The minimum absolute atomic E-state index is 0. The maximum atomic E-state index is 8.95. The second kappa shape index (κ2) is 702. The molecule has 84 valence electrons. The number of carbonyl (C=O) groups is 1. The Hall–Kier alpha value is -0.910. The molecule has 0 radical (unpaired) electrons. The van der Waals surface area contributed by atoms with E-state index in [1.807, 2.05) is 0 Å². The Balaban J connectivity index is -0.00000000432. The Labute approximate surface area is 77.3 Å². The van der Waals surface area contributed by atoms with E-state index < -0.39 is 0 Å². The Kier molecular flexibility index (Phi) is 2550. The van der Waals surface area contributed by atoms with Gasteiger partial charge in [-0.05, 0) is 0 Å². The minimum Gasteiger partial charge on any atom is 0 e. The molecule has 0 saturated heterocycles. The van der Waals surface area contributed by atoms with Gasteiger partial charge in [0.25, 0.3) is 6.47 Å².